The first-order valence-corrected chi connectivity index (χ1v) is 7.82. The molecule has 6 heteroatoms. The number of likely N-dealkylation sites (tertiary alicyclic amines) is 1. The maximum atomic E-state index is 12.7. The molecule has 0 radical (unpaired) electrons. The van der Waals surface area contributed by atoms with Crippen molar-refractivity contribution in [1.29, 1.82) is 5.26 Å². The number of nitriles is 1. The zero-order chi connectivity index (χ0) is 17.1. The van der Waals surface area contributed by atoms with Gasteiger partial charge in [0.2, 0.25) is 5.69 Å². The molecule has 1 saturated heterocycles. The lowest BCUT2D eigenvalue weighted by Crippen LogP contribution is -2.31. The Hall–Kier alpha value is -2.94. The van der Waals surface area contributed by atoms with Crippen molar-refractivity contribution in [3.8, 4) is 11.9 Å². The topological polar surface area (TPSA) is 79.1 Å². The van der Waals surface area contributed by atoms with E-state index >= 15 is 0 Å². The van der Waals surface area contributed by atoms with Crippen molar-refractivity contribution in [3.05, 3.63) is 53.0 Å². The minimum atomic E-state index is -0.177. The van der Waals surface area contributed by atoms with Crippen molar-refractivity contribution in [3.63, 3.8) is 0 Å². The molecule has 1 fully saturated rings. The summed E-state index contributed by atoms with van der Waals surface area (Å²) in [5.74, 6) is 0.234. The van der Waals surface area contributed by atoms with Crippen LogP contribution < -0.4 is 4.74 Å². The van der Waals surface area contributed by atoms with Gasteiger partial charge in [-0.15, -0.1) is 0 Å². The van der Waals surface area contributed by atoms with E-state index in [0.29, 0.717) is 25.1 Å². The molecule has 24 heavy (non-hydrogen) atoms. The monoisotopic (exact) mass is 322 g/mol. The van der Waals surface area contributed by atoms with Crippen LogP contribution in [-0.2, 0) is 0 Å². The van der Waals surface area contributed by atoms with Crippen LogP contribution >= 0.6 is 0 Å². The third-order valence-electron chi connectivity index (χ3n) is 3.95. The maximum Gasteiger partial charge on any atom is 0.254 e. The molecular weight excluding hydrogens is 304 g/mol. The summed E-state index contributed by atoms with van der Waals surface area (Å²) >= 11 is 0. The molecule has 0 N–H and O–H groups in total. The summed E-state index contributed by atoms with van der Waals surface area (Å²) in [6.45, 7) is 5.07. The fourth-order valence-corrected chi connectivity index (χ4v) is 2.94. The highest BCUT2D eigenvalue weighted by molar-refractivity contribution is 5.94. The molecule has 1 aromatic heterocycles. The number of hydrogen-bond acceptors (Lipinski definition) is 5. The Kier molecular flexibility index (Phi) is 4.43. The smallest absolute Gasteiger partial charge is 0.254 e. The molecule has 2 aromatic rings. The molecule has 122 valence electrons. The van der Waals surface area contributed by atoms with Crippen LogP contribution in [0.2, 0.25) is 0 Å². The number of aromatic nitrogens is 2. The Morgan fingerprint density at radius 3 is 2.67 bits per heavy atom. The molecule has 1 atom stereocenters. The quantitative estimate of drug-likeness (QED) is 0.866. The summed E-state index contributed by atoms with van der Waals surface area (Å²) in [5, 5.41) is 9.04. The van der Waals surface area contributed by atoms with E-state index < -0.39 is 0 Å². The zero-order valence-corrected chi connectivity index (χ0v) is 13.7. The fraction of sp³-hybridized carbons (Fsp3) is 0.333. The van der Waals surface area contributed by atoms with Crippen molar-refractivity contribution in [2.75, 3.05) is 13.1 Å². The predicted molar refractivity (Wildman–Crippen MR) is 87.6 cm³/mol. The second-order valence-corrected chi connectivity index (χ2v) is 5.98. The van der Waals surface area contributed by atoms with Gasteiger partial charge in [0.25, 0.3) is 11.8 Å². The molecule has 1 aliphatic heterocycles. The average Bonchev–Trinajstić information content (AvgIpc) is 3.02. The minimum Gasteiger partial charge on any atom is -0.470 e. The summed E-state index contributed by atoms with van der Waals surface area (Å²) in [6, 6.07) is 7.81. The number of benzene rings is 1. The molecule has 1 amide bonds. The summed E-state index contributed by atoms with van der Waals surface area (Å²) in [5.41, 5.74) is 3.01. The van der Waals surface area contributed by atoms with Crippen LogP contribution in [0, 0.1) is 25.2 Å². The van der Waals surface area contributed by atoms with Gasteiger partial charge >= 0.3 is 0 Å². The normalized spacial score (nSPS) is 16.7. The third-order valence-corrected chi connectivity index (χ3v) is 3.95. The summed E-state index contributed by atoms with van der Waals surface area (Å²) in [4.78, 5) is 22.4. The van der Waals surface area contributed by atoms with E-state index in [4.69, 9.17) is 10.00 Å². The lowest BCUT2D eigenvalue weighted by molar-refractivity contribution is 0.0771. The number of nitrogens with zero attached hydrogens (tertiary/aromatic N) is 4. The summed E-state index contributed by atoms with van der Waals surface area (Å²) < 4.78 is 5.77. The van der Waals surface area contributed by atoms with Crippen LogP contribution in [0.25, 0.3) is 0 Å². The van der Waals surface area contributed by atoms with Crippen LogP contribution in [0.15, 0.2) is 30.6 Å². The number of hydrogen-bond donors (Lipinski definition) is 0. The zero-order valence-electron chi connectivity index (χ0n) is 13.7. The van der Waals surface area contributed by atoms with Gasteiger partial charge in [0.1, 0.15) is 12.2 Å². The Labute approximate surface area is 140 Å². The van der Waals surface area contributed by atoms with Crippen molar-refractivity contribution < 1.29 is 9.53 Å². The van der Waals surface area contributed by atoms with E-state index in [2.05, 4.69) is 9.97 Å². The van der Waals surface area contributed by atoms with Crippen molar-refractivity contribution in [1.82, 2.24) is 14.9 Å². The molecule has 1 unspecified atom stereocenters. The molecule has 3 rings (SSSR count). The minimum absolute atomic E-state index is 0.00699. The van der Waals surface area contributed by atoms with Crippen molar-refractivity contribution >= 4 is 5.91 Å². The van der Waals surface area contributed by atoms with E-state index in [-0.39, 0.29) is 23.6 Å². The van der Waals surface area contributed by atoms with Gasteiger partial charge in [-0.05, 0) is 26.0 Å². The molecule has 6 nitrogen and oxygen atoms in total. The molecule has 1 aliphatic rings. The molecule has 0 bridgehead atoms. The van der Waals surface area contributed by atoms with Gasteiger partial charge in [-0.1, -0.05) is 17.2 Å². The van der Waals surface area contributed by atoms with Gasteiger partial charge in [-0.2, -0.15) is 5.26 Å². The van der Waals surface area contributed by atoms with Crippen LogP contribution in [0.4, 0.5) is 0 Å². The number of carbonyl (C=O) groups is 1. The van der Waals surface area contributed by atoms with Crippen LogP contribution in [0.3, 0.4) is 0 Å². The Balaban J connectivity index is 1.69. The highest BCUT2D eigenvalue weighted by Crippen LogP contribution is 2.20. The van der Waals surface area contributed by atoms with E-state index in [1.165, 1.54) is 12.4 Å². The lowest BCUT2D eigenvalue weighted by atomic mass is 10.1. The van der Waals surface area contributed by atoms with Gasteiger partial charge in [0, 0.05) is 30.9 Å². The van der Waals surface area contributed by atoms with E-state index in [9.17, 15) is 4.79 Å². The second-order valence-electron chi connectivity index (χ2n) is 5.98. The molecule has 2 heterocycles. The van der Waals surface area contributed by atoms with Gasteiger partial charge in [0.05, 0.1) is 6.54 Å². The molecule has 0 saturated carbocycles. The maximum absolute atomic E-state index is 12.7. The summed E-state index contributed by atoms with van der Waals surface area (Å²) in [6.07, 6.45) is 3.47. The summed E-state index contributed by atoms with van der Waals surface area (Å²) in [7, 11) is 0. The van der Waals surface area contributed by atoms with Gasteiger partial charge < -0.3 is 9.64 Å². The fourth-order valence-electron chi connectivity index (χ4n) is 2.94. The predicted octanol–water partition coefficient (Wildman–Crippen LogP) is 2.26. The second kappa shape index (κ2) is 6.67. The molecule has 0 aliphatic carbocycles. The van der Waals surface area contributed by atoms with Gasteiger partial charge in [-0.3, -0.25) is 4.79 Å². The number of carbonyl (C=O) groups excluding carboxylic acids is 1. The molecule has 0 spiro atoms. The van der Waals surface area contributed by atoms with Crippen LogP contribution in [0.1, 0.15) is 33.6 Å². The van der Waals surface area contributed by atoms with Gasteiger partial charge in [-0.25, -0.2) is 9.97 Å². The van der Waals surface area contributed by atoms with Crippen molar-refractivity contribution in [2.45, 2.75) is 26.4 Å². The number of rotatable bonds is 3. The first-order valence-electron chi connectivity index (χ1n) is 7.82. The number of amides is 1. The van der Waals surface area contributed by atoms with E-state index in [1.54, 1.807) is 4.90 Å². The first-order chi connectivity index (χ1) is 11.6. The standard InChI is InChI=1S/C18H18N4O2/c1-12-7-13(2)9-14(8-12)18(23)22-6-3-15(11-22)24-17-16(10-19)20-4-5-21-17/h4-5,7-9,15H,3,6,11H2,1-2H3. The van der Waals surface area contributed by atoms with E-state index in [1.807, 2.05) is 38.1 Å². The Bertz CT molecular complexity index is 793. The van der Waals surface area contributed by atoms with Crippen molar-refractivity contribution in [2.24, 2.45) is 0 Å². The lowest BCUT2D eigenvalue weighted by Gasteiger charge is -2.17. The Morgan fingerprint density at radius 1 is 1.25 bits per heavy atom. The highest BCUT2D eigenvalue weighted by atomic mass is 16.5. The highest BCUT2D eigenvalue weighted by Gasteiger charge is 2.29. The SMILES string of the molecule is Cc1cc(C)cc(C(=O)N2CCC(Oc3nccnc3C#N)C2)c1. The molecular formula is C18H18N4O2. The number of ether oxygens (including phenoxy) is 1. The van der Waals surface area contributed by atoms with Crippen LogP contribution in [0.5, 0.6) is 5.88 Å². The van der Waals surface area contributed by atoms with E-state index in [0.717, 1.165) is 11.1 Å². The Morgan fingerprint density at radius 2 is 1.96 bits per heavy atom. The number of aryl methyl sites for hydroxylation is 2. The van der Waals surface area contributed by atoms with Crippen LogP contribution in [-0.4, -0.2) is 40.0 Å². The molecule has 1 aromatic carbocycles. The average molecular weight is 322 g/mol. The first kappa shape index (κ1) is 15.9. The third kappa shape index (κ3) is 3.35. The largest absolute Gasteiger partial charge is 0.470 e. The van der Waals surface area contributed by atoms with Gasteiger partial charge in [0.15, 0.2) is 0 Å².